The van der Waals surface area contributed by atoms with Gasteiger partial charge in [-0.05, 0) is 13.0 Å². The Morgan fingerprint density at radius 1 is 1.57 bits per heavy atom. The van der Waals surface area contributed by atoms with Gasteiger partial charge in [-0.3, -0.25) is 4.79 Å². The van der Waals surface area contributed by atoms with E-state index in [1.165, 1.54) is 0 Å². The van der Waals surface area contributed by atoms with E-state index in [4.69, 9.17) is 5.73 Å². The van der Waals surface area contributed by atoms with Gasteiger partial charge in [0, 0.05) is 11.1 Å². The van der Waals surface area contributed by atoms with E-state index in [-0.39, 0.29) is 5.56 Å². The molecule has 1 rings (SSSR count). The topological polar surface area (TPSA) is 56.0 Å². The van der Waals surface area contributed by atoms with Crippen molar-refractivity contribution in [1.82, 2.24) is 4.98 Å². The Bertz CT molecular complexity index is 379. The zero-order valence-electron chi connectivity index (χ0n) is 7.22. The fraction of sp³-hybridized carbons (Fsp3) is 0.250. The van der Waals surface area contributed by atoms with Crippen molar-refractivity contribution in [3.63, 3.8) is 0 Å². The molecule has 0 radical (unpaired) electrons. The van der Waals surface area contributed by atoms with E-state index in [0.29, 0.717) is 0 Å². The highest BCUT2D eigenvalue weighted by molar-refractivity contribution is 5.90. The van der Waals surface area contributed by atoms with E-state index >= 15 is 0 Å². The van der Waals surface area contributed by atoms with Crippen LogP contribution in [0.1, 0.15) is 28.0 Å². The Labute approximate surface area is 77.7 Å². The fourth-order valence-corrected chi connectivity index (χ4v) is 0.949. The molecule has 0 unspecified atom stereocenters. The van der Waals surface area contributed by atoms with Gasteiger partial charge in [-0.1, -0.05) is 0 Å². The predicted molar refractivity (Wildman–Crippen MR) is 42.4 cm³/mol. The van der Waals surface area contributed by atoms with Gasteiger partial charge in [0.2, 0.25) is 5.95 Å². The van der Waals surface area contributed by atoms with Crippen molar-refractivity contribution in [3.8, 4) is 0 Å². The minimum absolute atomic E-state index is 0.273. The molecule has 0 aliphatic heterocycles. The smallest absolute Gasteiger partial charge is 0.267 e. The molecule has 1 aromatic heterocycles. The van der Waals surface area contributed by atoms with Gasteiger partial charge in [0.05, 0.1) is 0 Å². The maximum atomic E-state index is 12.9. The number of hydrogen-bond donors (Lipinski definition) is 1. The molecular formula is C8H7F3N2O. The summed E-state index contributed by atoms with van der Waals surface area (Å²) in [7, 11) is 0. The summed E-state index contributed by atoms with van der Waals surface area (Å²) in [6, 6.07) is 0.797. The molecule has 1 aromatic rings. The third-order valence-corrected chi connectivity index (χ3v) is 1.74. The number of alkyl halides is 2. The van der Waals surface area contributed by atoms with Crippen LogP contribution in [-0.4, -0.2) is 10.9 Å². The van der Waals surface area contributed by atoms with Gasteiger partial charge in [-0.2, -0.15) is 4.39 Å². The minimum Gasteiger partial charge on any atom is -0.364 e. The molecule has 3 nitrogen and oxygen atoms in total. The second-order valence-electron chi connectivity index (χ2n) is 2.68. The lowest BCUT2D eigenvalue weighted by Gasteiger charge is -2.06. The minimum atomic E-state index is -2.86. The van der Waals surface area contributed by atoms with Gasteiger partial charge in [0.15, 0.2) is 0 Å². The highest BCUT2D eigenvalue weighted by atomic mass is 19.3. The number of rotatable bonds is 2. The zero-order valence-corrected chi connectivity index (χ0v) is 7.22. The first-order chi connectivity index (χ1) is 6.43. The average molecular weight is 204 g/mol. The number of primary amides is 1. The lowest BCUT2D eigenvalue weighted by Crippen LogP contribution is -2.15. The number of aromatic nitrogens is 1. The Hall–Kier alpha value is -1.59. The zero-order chi connectivity index (χ0) is 10.9. The van der Waals surface area contributed by atoms with Crippen molar-refractivity contribution in [2.75, 3.05) is 0 Å². The van der Waals surface area contributed by atoms with Crippen molar-refractivity contribution < 1.29 is 18.0 Å². The number of hydrogen-bond acceptors (Lipinski definition) is 2. The lowest BCUT2D eigenvalue weighted by molar-refractivity contribution is 0.0993. The van der Waals surface area contributed by atoms with Crippen LogP contribution in [0.5, 0.6) is 0 Å². The van der Waals surface area contributed by atoms with Crippen molar-refractivity contribution in [2.45, 2.75) is 13.3 Å². The molecule has 0 aliphatic carbocycles. The second kappa shape index (κ2) is 3.65. The summed E-state index contributed by atoms with van der Waals surface area (Å²) in [5.41, 5.74) is 3.46. The first-order valence-electron chi connectivity index (χ1n) is 3.68. The molecular weight excluding hydrogens is 197 g/mol. The number of carbonyl (C=O) groups excluding carboxylic acids is 1. The summed E-state index contributed by atoms with van der Waals surface area (Å²) >= 11 is 0. The van der Waals surface area contributed by atoms with Gasteiger partial charge in [0.25, 0.3) is 12.3 Å². The summed E-state index contributed by atoms with van der Waals surface area (Å²) in [5.74, 6) is -2.14. The molecule has 0 bridgehead atoms. The van der Waals surface area contributed by atoms with Crippen molar-refractivity contribution in [2.24, 2.45) is 5.73 Å². The summed E-state index contributed by atoms with van der Waals surface area (Å²) < 4.78 is 37.5. The Morgan fingerprint density at radius 2 is 2.14 bits per heavy atom. The molecule has 0 saturated carbocycles. The van der Waals surface area contributed by atoms with Gasteiger partial charge in [0.1, 0.15) is 5.69 Å². The molecule has 76 valence electrons. The molecule has 0 aromatic carbocycles. The summed E-state index contributed by atoms with van der Waals surface area (Å²) in [4.78, 5) is 13.7. The quantitative estimate of drug-likeness (QED) is 0.743. The molecule has 6 heteroatoms. The van der Waals surface area contributed by atoms with E-state index in [0.717, 1.165) is 13.0 Å². The van der Waals surface area contributed by atoms with Crippen molar-refractivity contribution in [3.05, 3.63) is 28.8 Å². The standard InChI is InChI=1S/C8H7F3N2O/c1-3-4(6(9)10)2-5(8(12)14)13-7(3)11/h2,6H,1H3,(H2,12,14). The van der Waals surface area contributed by atoms with Crippen LogP contribution in [0, 0.1) is 12.9 Å². The Morgan fingerprint density at radius 3 is 2.57 bits per heavy atom. The lowest BCUT2D eigenvalue weighted by atomic mass is 10.1. The molecule has 2 N–H and O–H groups in total. The number of nitrogens with zero attached hydrogens (tertiary/aromatic N) is 1. The van der Waals surface area contributed by atoms with E-state index < -0.39 is 29.5 Å². The molecule has 1 amide bonds. The maximum Gasteiger partial charge on any atom is 0.267 e. The van der Waals surface area contributed by atoms with Crippen LogP contribution in [0.3, 0.4) is 0 Å². The second-order valence-corrected chi connectivity index (χ2v) is 2.68. The highest BCUT2D eigenvalue weighted by Crippen LogP contribution is 2.24. The van der Waals surface area contributed by atoms with Gasteiger partial charge in [-0.25, -0.2) is 13.8 Å². The van der Waals surface area contributed by atoms with E-state index in [1.54, 1.807) is 0 Å². The van der Waals surface area contributed by atoms with E-state index in [9.17, 15) is 18.0 Å². The van der Waals surface area contributed by atoms with Crippen molar-refractivity contribution >= 4 is 5.91 Å². The number of nitrogens with two attached hydrogens (primary N) is 1. The average Bonchev–Trinajstić information content (AvgIpc) is 2.08. The highest BCUT2D eigenvalue weighted by Gasteiger charge is 2.18. The monoisotopic (exact) mass is 204 g/mol. The summed E-state index contributed by atoms with van der Waals surface area (Å²) in [6.07, 6.45) is -2.86. The normalized spacial score (nSPS) is 10.6. The molecule has 14 heavy (non-hydrogen) atoms. The summed E-state index contributed by atoms with van der Waals surface area (Å²) in [5, 5.41) is 0. The molecule has 0 aliphatic rings. The van der Waals surface area contributed by atoms with Crippen LogP contribution >= 0.6 is 0 Å². The van der Waals surface area contributed by atoms with Crippen molar-refractivity contribution in [1.29, 1.82) is 0 Å². The third kappa shape index (κ3) is 1.84. The molecule has 0 fully saturated rings. The number of carbonyl (C=O) groups is 1. The number of halogens is 3. The molecule has 1 heterocycles. The first kappa shape index (κ1) is 10.5. The molecule has 0 saturated heterocycles. The predicted octanol–water partition coefficient (Wildman–Crippen LogP) is 1.57. The Balaban J connectivity index is 3.35. The van der Waals surface area contributed by atoms with Gasteiger partial charge in [-0.15, -0.1) is 0 Å². The summed E-state index contributed by atoms with van der Waals surface area (Å²) in [6.45, 7) is 1.16. The molecule has 0 spiro atoms. The first-order valence-corrected chi connectivity index (χ1v) is 3.68. The van der Waals surface area contributed by atoms with E-state index in [2.05, 4.69) is 4.98 Å². The van der Waals surface area contributed by atoms with Crippen LogP contribution in [0.15, 0.2) is 6.07 Å². The largest absolute Gasteiger partial charge is 0.364 e. The number of amides is 1. The van der Waals surface area contributed by atoms with Crippen LogP contribution in [0.2, 0.25) is 0 Å². The van der Waals surface area contributed by atoms with Crippen LogP contribution < -0.4 is 5.73 Å². The van der Waals surface area contributed by atoms with E-state index in [1.807, 2.05) is 0 Å². The fourth-order valence-electron chi connectivity index (χ4n) is 0.949. The SMILES string of the molecule is Cc1c(C(F)F)cc(C(N)=O)nc1F. The third-order valence-electron chi connectivity index (χ3n) is 1.74. The van der Waals surface area contributed by atoms with Crippen LogP contribution in [0.4, 0.5) is 13.2 Å². The number of pyridine rings is 1. The van der Waals surface area contributed by atoms with Crippen LogP contribution in [0.25, 0.3) is 0 Å². The molecule has 0 atom stereocenters. The van der Waals surface area contributed by atoms with Gasteiger partial charge < -0.3 is 5.73 Å². The Kier molecular flexibility index (Phi) is 2.73. The van der Waals surface area contributed by atoms with Crippen LogP contribution in [-0.2, 0) is 0 Å². The van der Waals surface area contributed by atoms with Gasteiger partial charge >= 0.3 is 0 Å². The maximum absolute atomic E-state index is 12.9.